The second-order valence-corrected chi connectivity index (χ2v) is 51.7. The maximum Gasteiger partial charge on any atom is 0.237 e. The number of aryl methyl sites for hydroxylation is 4. The van der Waals surface area contributed by atoms with Crippen molar-refractivity contribution < 1.29 is 49.5 Å². The third kappa shape index (κ3) is 23.2. The number of para-hydroxylation sites is 2. The van der Waals surface area contributed by atoms with Crippen molar-refractivity contribution in [3.05, 3.63) is 182 Å². The summed E-state index contributed by atoms with van der Waals surface area (Å²) in [7, 11) is -11.9. The highest BCUT2D eigenvalue weighted by atomic mass is 35.5. The Morgan fingerprint density at radius 2 is 0.743 bits per heavy atom. The second-order valence-electron chi connectivity index (χ2n) is 38.7. The van der Waals surface area contributed by atoms with Crippen molar-refractivity contribution in [3.63, 3.8) is 0 Å². The van der Waals surface area contributed by atoms with Crippen LogP contribution in [0.2, 0.25) is 10.3 Å². The molecular formula is C100H126Cl2N26O11S5. The molecule has 15 atom stereocenters. The number of ether oxygens (including phenoxy) is 6. The number of nitrogens with zero attached hydrogens (tertiary/aromatic N) is 21. The van der Waals surface area contributed by atoms with Crippen molar-refractivity contribution >= 4 is 118 Å². The normalized spacial score (nSPS) is 27.7. The highest BCUT2D eigenvalue weighted by Gasteiger charge is 2.40. The SMILES string of the molecule is COc1cc(-c2nc(C3CCCS3(=N)=O)cc(N3CCOC[C@H]3C)n2)cc(C)n1.C[C@@H]1COCCN1c1cc(C2CCCS2(=N)=O)nc(-c2cc(Cl)nc3c2C=CC3)n1.Cc1cc(-c2nc(C3CCCS3(=N)=O)cc(N3CCOC[C@H]3C)n2)cc(Cl)n1.Cc1cc(-c2nc(C3CCCS3(=N)=O)cc(N3CCOC[C@H]3C)n2)ccn1.Cc1nc2ccccc2n1-c1nc(C2CCCS2(=N)=O)cc(N2CCOC[C@H]2C)n1. The molecule has 1 aromatic carbocycles. The number of hydrogen-bond acceptors (Lipinski definition) is 36. The molecule has 37 nitrogen and oxygen atoms in total. The van der Waals surface area contributed by atoms with Crippen LogP contribution >= 0.6 is 23.2 Å². The number of anilines is 5. The van der Waals surface area contributed by atoms with E-state index in [2.05, 4.69) is 90.1 Å². The molecule has 11 aliphatic rings. The molecule has 10 aromatic heterocycles. The minimum Gasteiger partial charge on any atom is -0.481 e. The molecule has 0 radical (unpaired) electrons. The summed E-state index contributed by atoms with van der Waals surface area (Å²) in [5.41, 5.74) is 13.0. The van der Waals surface area contributed by atoms with Crippen molar-refractivity contribution in [2.75, 3.05) is 159 Å². The minimum atomic E-state index is -2.71. The van der Waals surface area contributed by atoms with Crippen molar-refractivity contribution in [3.8, 4) is 57.4 Å². The fourth-order valence-corrected chi connectivity index (χ4v) is 30.8. The molecule has 10 saturated heterocycles. The van der Waals surface area contributed by atoms with Gasteiger partial charge in [0, 0.05) is 155 Å². The van der Waals surface area contributed by atoms with Crippen molar-refractivity contribution in [2.45, 2.75) is 189 Å². The average molecular weight is 2100 g/mol. The molecule has 766 valence electrons. The lowest BCUT2D eigenvalue weighted by molar-refractivity contribution is 0.0985. The van der Waals surface area contributed by atoms with Crippen LogP contribution in [-0.2, 0) is 78.8 Å². The maximum absolute atomic E-state index is 12.9. The predicted molar refractivity (Wildman–Crippen MR) is 563 cm³/mol. The monoisotopic (exact) mass is 2100 g/mol. The standard InChI is InChI=1S/C21H24ClN5O2S.C21H26N6O2S.C20H27N5O3S.C19H24ClN5O2S.C19H25N5O2S/c1-13-12-29-8-7-27(13)20-11-17(18-6-3-9-30(18,23)28)25-21(26-20)15-10-19(22)24-16-5-2-4-14(15)16;1-14-13-29-10-9-26(14)20-12-17(19-8-5-11-30(19,22)28)24-21(25-20)27-15(2)23-16-6-3-4-7-18(16)27;1-13-9-15(10-19(22-13)27-3)20-23-16(17-5-4-8-29(17,21)26)11-18(24-20)25-6-7-28-12-14(25)2;1-12-8-14(9-17(20)22-12)19-23-15(16-4-3-7-28(16,21)26)10-18(24-19)25-5-6-27-11-13(25)2;1-13-10-15(5-6-21-13)19-22-16(17-4-3-9-27(17,20)25)11-18(23-19)24-7-8-26-12-14(24)2/h2,4,10-11,13,18,23H,3,5-9,12H2,1H3;3-4,6-7,12,14,19,22H,5,8-11,13H2,1-2H3;9-11,14,17,21H,4-8,12H2,1-3H3;8-10,13,16,21H,3-7,11H2,1-2H3;5-6,10-11,14,17,20H,3-4,7-9,12H2,1-2H3/t13-,18?,30?;14-,19?,30?;14-,17?,29?;13-,16?,28?;14-,17?,27?/m11111/s1. The van der Waals surface area contributed by atoms with E-state index in [1.807, 2.05) is 123 Å². The smallest absolute Gasteiger partial charge is 0.237 e. The van der Waals surface area contributed by atoms with E-state index in [9.17, 15) is 21.0 Å². The molecule has 0 bridgehead atoms. The van der Waals surface area contributed by atoms with Gasteiger partial charge in [-0.05, 0) is 175 Å². The Morgan fingerprint density at radius 1 is 0.382 bits per heavy atom. The average Bonchev–Trinajstić information content (AvgIpc) is 1.60. The van der Waals surface area contributed by atoms with E-state index < -0.39 is 48.6 Å². The quantitative estimate of drug-likeness (QED) is 0.0561. The van der Waals surface area contributed by atoms with E-state index in [4.69, 9.17) is 125 Å². The summed E-state index contributed by atoms with van der Waals surface area (Å²) < 4.78 is 141. The number of aromatic nitrogens is 16. The van der Waals surface area contributed by atoms with Crippen LogP contribution in [0.5, 0.6) is 5.88 Å². The van der Waals surface area contributed by atoms with Gasteiger partial charge in [-0.2, -0.15) is 4.98 Å². The summed E-state index contributed by atoms with van der Waals surface area (Å²) >= 11 is 12.5. The third-order valence-electron chi connectivity index (χ3n) is 28.1. The zero-order valence-electron chi connectivity index (χ0n) is 82.8. The Balaban J connectivity index is 0.000000118. The van der Waals surface area contributed by atoms with Crippen LogP contribution in [-0.4, -0.2) is 265 Å². The van der Waals surface area contributed by atoms with Gasteiger partial charge < -0.3 is 52.9 Å². The number of methoxy groups -OCH3 is 1. The number of rotatable bonds is 16. The van der Waals surface area contributed by atoms with Gasteiger partial charge in [0.05, 0.1) is 223 Å². The Labute approximate surface area is 852 Å². The summed E-state index contributed by atoms with van der Waals surface area (Å²) in [5, 5.41) is -0.966. The molecular weight excluding hydrogens is 1970 g/mol. The molecule has 5 N–H and O–H groups in total. The number of halogens is 2. The number of fused-ring (bicyclic) bond motifs is 2. The lowest BCUT2D eigenvalue weighted by Crippen LogP contribution is -2.44. The number of hydrogen-bond donors (Lipinski definition) is 5. The Bertz CT molecular complexity index is 7240. The van der Waals surface area contributed by atoms with Gasteiger partial charge in [0.25, 0.3) is 0 Å². The number of imidazole rings is 1. The molecule has 10 unspecified atom stereocenters. The van der Waals surface area contributed by atoms with Crippen LogP contribution in [0.1, 0.15) is 188 Å². The molecule has 1 aliphatic carbocycles. The molecule has 0 amide bonds. The molecule has 11 aromatic rings. The fraction of sp³-hybridized carbons (Fsp3) is 0.510. The van der Waals surface area contributed by atoms with Crippen molar-refractivity contribution in [1.82, 2.24) is 79.3 Å². The predicted octanol–water partition coefficient (Wildman–Crippen LogP) is 16.6. The zero-order valence-corrected chi connectivity index (χ0v) is 88.4. The zero-order chi connectivity index (χ0) is 101. The molecule has 0 spiro atoms. The van der Waals surface area contributed by atoms with Gasteiger partial charge in [-0.25, -0.2) is 85.8 Å². The second kappa shape index (κ2) is 43.8. The molecule has 10 aliphatic heterocycles. The highest BCUT2D eigenvalue weighted by Crippen LogP contribution is 2.45. The molecule has 22 rings (SSSR count). The van der Waals surface area contributed by atoms with Gasteiger partial charge >= 0.3 is 0 Å². The lowest BCUT2D eigenvalue weighted by atomic mass is 10.1. The van der Waals surface area contributed by atoms with Gasteiger partial charge in [0.15, 0.2) is 23.3 Å². The van der Waals surface area contributed by atoms with Crippen molar-refractivity contribution in [1.29, 1.82) is 23.9 Å². The van der Waals surface area contributed by atoms with Crippen LogP contribution in [0.25, 0.3) is 68.6 Å². The lowest BCUT2D eigenvalue weighted by Gasteiger charge is -2.34. The maximum atomic E-state index is 12.9. The summed E-state index contributed by atoms with van der Waals surface area (Å²) in [6.07, 6.45) is 14.2. The van der Waals surface area contributed by atoms with Crippen LogP contribution in [0.4, 0.5) is 29.1 Å². The fourth-order valence-electron chi connectivity index (χ4n) is 20.7. The van der Waals surface area contributed by atoms with Gasteiger partial charge in [0.2, 0.25) is 11.8 Å². The molecule has 144 heavy (non-hydrogen) atoms. The van der Waals surface area contributed by atoms with E-state index in [0.29, 0.717) is 176 Å². The number of pyridine rings is 4. The van der Waals surface area contributed by atoms with Crippen molar-refractivity contribution in [2.24, 2.45) is 0 Å². The largest absolute Gasteiger partial charge is 0.481 e. The number of benzene rings is 1. The first-order chi connectivity index (χ1) is 69.0. The number of morpholine rings is 5. The summed E-state index contributed by atoms with van der Waals surface area (Å²) in [4.78, 5) is 81.1. The Hall–Kier alpha value is -10.6. The van der Waals surface area contributed by atoms with E-state index in [1.165, 1.54) is 0 Å². The first-order valence-electron chi connectivity index (χ1n) is 49.4. The van der Waals surface area contributed by atoms with E-state index in [0.717, 1.165) is 193 Å². The minimum absolute atomic E-state index is 0.171. The van der Waals surface area contributed by atoms with Gasteiger partial charge in [-0.3, -0.25) is 33.4 Å². The van der Waals surface area contributed by atoms with E-state index in [1.54, 1.807) is 25.4 Å². The third-order valence-corrected chi connectivity index (χ3v) is 39.9. The molecule has 44 heteroatoms. The first kappa shape index (κ1) is 103. The summed E-state index contributed by atoms with van der Waals surface area (Å²) in [6, 6.07) is 31.5. The number of allylic oxidation sites excluding steroid dienone is 1. The number of nitrogens with one attached hydrogen (secondary N) is 5. The van der Waals surface area contributed by atoms with E-state index in [-0.39, 0.29) is 56.5 Å². The first-order valence-corrected chi connectivity index (χ1v) is 59.1. The van der Waals surface area contributed by atoms with E-state index >= 15 is 0 Å². The molecule has 20 heterocycles. The van der Waals surface area contributed by atoms with Crippen LogP contribution < -0.4 is 29.2 Å². The molecule has 0 saturated carbocycles. The highest BCUT2D eigenvalue weighted by molar-refractivity contribution is 7.94. The van der Waals surface area contributed by atoms with Crippen LogP contribution in [0, 0.1) is 51.6 Å². The molecule has 10 fully saturated rings. The Kier molecular flexibility index (Phi) is 31.4. The van der Waals surface area contributed by atoms with Crippen LogP contribution in [0.3, 0.4) is 0 Å². The topological polar surface area (TPSA) is 474 Å². The summed E-state index contributed by atoms with van der Waals surface area (Å²) in [5.74, 6) is 10.2. The van der Waals surface area contributed by atoms with Crippen LogP contribution in [0.15, 0.2) is 109 Å². The Morgan fingerprint density at radius 3 is 1.13 bits per heavy atom. The van der Waals surface area contributed by atoms with Gasteiger partial charge in [-0.1, -0.05) is 47.5 Å². The van der Waals surface area contributed by atoms with Gasteiger partial charge in [-0.15, -0.1) is 0 Å². The summed E-state index contributed by atoms with van der Waals surface area (Å²) in [6.45, 7) is 28.3. The van der Waals surface area contributed by atoms with Gasteiger partial charge in [0.1, 0.15) is 45.2 Å².